The molecule has 0 bridgehead atoms. The molecule has 2 amide bonds. The smallest absolute Gasteiger partial charge is 0.319 e. The van der Waals surface area contributed by atoms with E-state index in [-0.39, 0.29) is 6.03 Å². The molecule has 23 heavy (non-hydrogen) atoms. The number of aromatic nitrogens is 1. The molecule has 3 rings (SSSR count). The SMILES string of the molecule is Cc1ccc(NC(=O)NCc2ccc(-c3csc(C)n3)o2)cc1. The van der Waals surface area contributed by atoms with Crippen LogP contribution in [0.2, 0.25) is 0 Å². The van der Waals surface area contributed by atoms with Gasteiger partial charge in [-0.1, -0.05) is 17.7 Å². The minimum Gasteiger partial charge on any atom is -0.458 e. The molecule has 0 aliphatic heterocycles. The number of hydrogen-bond donors (Lipinski definition) is 2. The van der Waals surface area contributed by atoms with Crippen LogP contribution in [0.4, 0.5) is 10.5 Å². The number of hydrogen-bond acceptors (Lipinski definition) is 4. The van der Waals surface area contributed by atoms with Gasteiger partial charge >= 0.3 is 6.03 Å². The topological polar surface area (TPSA) is 67.2 Å². The molecule has 0 atom stereocenters. The van der Waals surface area contributed by atoms with Gasteiger partial charge in [0.2, 0.25) is 0 Å². The first-order valence-electron chi connectivity index (χ1n) is 7.23. The van der Waals surface area contributed by atoms with Crippen molar-refractivity contribution in [1.82, 2.24) is 10.3 Å². The molecular formula is C17H17N3O2S. The van der Waals surface area contributed by atoms with Gasteiger partial charge in [-0.25, -0.2) is 9.78 Å². The highest BCUT2D eigenvalue weighted by atomic mass is 32.1. The summed E-state index contributed by atoms with van der Waals surface area (Å²) in [6.45, 7) is 4.28. The third-order valence-electron chi connectivity index (χ3n) is 3.27. The molecule has 3 aromatic rings. The van der Waals surface area contributed by atoms with Crippen LogP contribution in [0.15, 0.2) is 46.2 Å². The monoisotopic (exact) mass is 327 g/mol. The van der Waals surface area contributed by atoms with Gasteiger partial charge in [-0.3, -0.25) is 0 Å². The largest absolute Gasteiger partial charge is 0.458 e. The number of urea groups is 1. The van der Waals surface area contributed by atoms with Gasteiger partial charge in [0.1, 0.15) is 11.5 Å². The average Bonchev–Trinajstić information content (AvgIpc) is 3.16. The molecule has 6 heteroatoms. The first kappa shape index (κ1) is 15.3. The Morgan fingerprint density at radius 2 is 1.96 bits per heavy atom. The van der Waals surface area contributed by atoms with E-state index in [0.717, 1.165) is 22.0 Å². The summed E-state index contributed by atoms with van der Waals surface area (Å²) in [6, 6.07) is 11.1. The number of aryl methyl sites for hydroxylation is 2. The minimum atomic E-state index is -0.267. The van der Waals surface area contributed by atoms with Crippen molar-refractivity contribution < 1.29 is 9.21 Å². The summed E-state index contributed by atoms with van der Waals surface area (Å²) in [5.41, 5.74) is 2.73. The standard InChI is InChI=1S/C17H17N3O2S/c1-11-3-5-13(6-4-11)20-17(21)18-9-14-7-8-16(22-14)15-10-23-12(2)19-15/h3-8,10H,9H2,1-2H3,(H2,18,20,21). The second-order valence-corrected chi connectivity index (χ2v) is 6.25. The van der Waals surface area contributed by atoms with Gasteiger partial charge in [0.05, 0.1) is 11.6 Å². The van der Waals surface area contributed by atoms with E-state index in [9.17, 15) is 4.79 Å². The zero-order chi connectivity index (χ0) is 16.2. The fourth-order valence-electron chi connectivity index (χ4n) is 2.07. The maximum Gasteiger partial charge on any atom is 0.319 e. The quantitative estimate of drug-likeness (QED) is 0.749. The summed E-state index contributed by atoms with van der Waals surface area (Å²) < 4.78 is 5.70. The number of carbonyl (C=O) groups excluding carboxylic acids is 1. The Hall–Kier alpha value is -2.60. The maximum absolute atomic E-state index is 11.9. The summed E-state index contributed by atoms with van der Waals surface area (Å²) >= 11 is 1.58. The van der Waals surface area contributed by atoms with Crippen LogP contribution >= 0.6 is 11.3 Å². The van der Waals surface area contributed by atoms with Crippen LogP contribution in [0.1, 0.15) is 16.3 Å². The molecule has 2 heterocycles. The molecule has 0 saturated heterocycles. The second-order valence-electron chi connectivity index (χ2n) is 5.19. The van der Waals surface area contributed by atoms with Crippen LogP contribution in [-0.2, 0) is 6.54 Å². The van der Waals surface area contributed by atoms with E-state index in [0.29, 0.717) is 18.1 Å². The van der Waals surface area contributed by atoms with E-state index in [1.165, 1.54) is 0 Å². The van der Waals surface area contributed by atoms with Gasteiger partial charge < -0.3 is 15.1 Å². The molecule has 118 valence electrons. The van der Waals surface area contributed by atoms with E-state index in [2.05, 4.69) is 15.6 Å². The normalized spacial score (nSPS) is 10.5. The zero-order valence-corrected chi connectivity index (χ0v) is 13.7. The molecule has 0 aliphatic carbocycles. The Bertz CT molecular complexity index is 805. The zero-order valence-electron chi connectivity index (χ0n) is 12.9. The number of furan rings is 1. The molecule has 0 saturated carbocycles. The van der Waals surface area contributed by atoms with E-state index < -0.39 is 0 Å². The van der Waals surface area contributed by atoms with Gasteiger partial charge in [0.25, 0.3) is 0 Å². The van der Waals surface area contributed by atoms with Crippen molar-refractivity contribution in [3.8, 4) is 11.5 Å². The Kier molecular flexibility index (Phi) is 4.43. The predicted molar refractivity (Wildman–Crippen MR) is 91.6 cm³/mol. The number of rotatable bonds is 4. The lowest BCUT2D eigenvalue weighted by Crippen LogP contribution is -2.27. The predicted octanol–water partition coefficient (Wildman–Crippen LogP) is 4.34. The Balaban J connectivity index is 1.55. The summed E-state index contributed by atoms with van der Waals surface area (Å²) in [5, 5.41) is 8.50. The van der Waals surface area contributed by atoms with Gasteiger partial charge in [-0.05, 0) is 38.1 Å². The van der Waals surface area contributed by atoms with Crippen molar-refractivity contribution in [2.24, 2.45) is 0 Å². The number of anilines is 1. The van der Waals surface area contributed by atoms with E-state index in [1.807, 2.05) is 55.6 Å². The fraction of sp³-hybridized carbons (Fsp3) is 0.176. The number of amides is 2. The molecule has 2 aromatic heterocycles. The highest BCUT2D eigenvalue weighted by Crippen LogP contribution is 2.23. The number of benzene rings is 1. The van der Waals surface area contributed by atoms with Gasteiger partial charge in [0, 0.05) is 11.1 Å². The van der Waals surface area contributed by atoms with Crippen LogP contribution in [0.3, 0.4) is 0 Å². The number of nitrogens with one attached hydrogen (secondary N) is 2. The number of thiazole rings is 1. The van der Waals surface area contributed by atoms with Crippen molar-refractivity contribution >= 4 is 23.1 Å². The van der Waals surface area contributed by atoms with Crippen LogP contribution in [-0.4, -0.2) is 11.0 Å². The molecule has 0 radical (unpaired) electrons. The van der Waals surface area contributed by atoms with Gasteiger partial charge in [0.15, 0.2) is 5.76 Å². The Labute approximate surface area is 138 Å². The van der Waals surface area contributed by atoms with Crippen LogP contribution in [0.25, 0.3) is 11.5 Å². The summed E-state index contributed by atoms with van der Waals surface area (Å²) in [5.74, 6) is 1.40. The highest BCUT2D eigenvalue weighted by Gasteiger charge is 2.09. The molecular weight excluding hydrogens is 310 g/mol. The van der Waals surface area contributed by atoms with Crippen molar-refractivity contribution in [3.63, 3.8) is 0 Å². The van der Waals surface area contributed by atoms with Crippen LogP contribution in [0, 0.1) is 13.8 Å². The Morgan fingerprint density at radius 1 is 1.17 bits per heavy atom. The van der Waals surface area contributed by atoms with E-state index in [4.69, 9.17) is 4.42 Å². The summed E-state index contributed by atoms with van der Waals surface area (Å²) in [4.78, 5) is 16.3. The maximum atomic E-state index is 11.9. The highest BCUT2D eigenvalue weighted by molar-refractivity contribution is 7.09. The lowest BCUT2D eigenvalue weighted by Gasteiger charge is -2.06. The first-order chi connectivity index (χ1) is 11.1. The lowest BCUT2D eigenvalue weighted by molar-refractivity contribution is 0.251. The number of carbonyl (C=O) groups is 1. The number of nitrogens with zero attached hydrogens (tertiary/aromatic N) is 1. The molecule has 1 aromatic carbocycles. The van der Waals surface area contributed by atoms with Gasteiger partial charge in [-0.2, -0.15) is 0 Å². The van der Waals surface area contributed by atoms with E-state index >= 15 is 0 Å². The molecule has 0 spiro atoms. The second kappa shape index (κ2) is 6.66. The lowest BCUT2D eigenvalue weighted by atomic mass is 10.2. The van der Waals surface area contributed by atoms with Crippen molar-refractivity contribution in [3.05, 3.63) is 58.1 Å². The molecule has 0 fully saturated rings. The summed E-state index contributed by atoms with van der Waals surface area (Å²) in [6.07, 6.45) is 0. The first-order valence-corrected chi connectivity index (χ1v) is 8.11. The molecule has 5 nitrogen and oxygen atoms in total. The van der Waals surface area contributed by atoms with Crippen molar-refractivity contribution in [2.45, 2.75) is 20.4 Å². The van der Waals surface area contributed by atoms with E-state index in [1.54, 1.807) is 11.3 Å². The average molecular weight is 327 g/mol. The van der Waals surface area contributed by atoms with Crippen molar-refractivity contribution in [1.29, 1.82) is 0 Å². The fourth-order valence-corrected chi connectivity index (χ4v) is 2.67. The molecule has 2 N–H and O–H groups in total. The summed E-state index contributed by atoms with van der Waals surface area (Å²) in [7, 11) is 0. The molecule has 0 unspecified atom stereocenters. The van der Waals surface area contributed by atoms with Crippen LogP contribution < -0.4 is 10.6 Å². The van der Waals surface area contributed by atoms with Crippen LogP contribution in [0.5, 0.6) is 0 Å². The molecule has 0 aliphatic rings. The minimum absolute atomic E-state index is 0.267. The third kappa shape index (κ3) is 3.98. The Morgan fingerprint density at radius 3 is 2.65 bits per heavy atom. The van der Waals surface area contributed by atoms with Crippen molar-refractivity contribution in [2.75, 3.05) is 5.32 Å². The van der Waals surface area contributed by atoms with Gasteiger partial charge in [-0.15, -0.1) is 11.3 Å². The third-order valence-corrected chi connectivity index (χ3v) is 4.04.